The van der Waals surface area contributed by atoms with Crippen LogP contribution in [0.4, 0.5) is 0 Å². The number of benzene rings is 1. The van der Waals surface area contributed by atoms with Gasteiger partial charge in [0, 0.05) is 12.1 Å². The summed E-state index contributed by atoms with van der Waals surface area (Å²) < 4.78 is 0. The molecule has 106 valence electrons. The predicted octanol–water partition coefficient (Wildman–Crippen LogP) is 5.47. The van der Waals surface area contributed by atoms with Gasteiger partial charge in [0.05, 0.1) is 10.0 Å². The van der Waals surface area contributed by atoms with Crippen LogP contribution in [0.3, 0.4) is 0 Å². The van der Waals surface area contributed by atoms with Gasteiger partial charge in [0.15, 0.2) is 0 Å². The van der Waals surface area contributed by atoms with Crippen molar-refractivity contribution in [3.63, 3.8) is 0 Å². The smallest absolute Gasteiger partial charge is 0.0595 e. The SMILES string of the molecule is CC(NC1CCC(C)C(C)C1)c1ccc(Cl)c(Cl)c1. The Kier molecular flexibility index (Phi) is 5.16. The molecule has 1 aliphatic rings. The third-order valence-electron chi connectivity index (χ3n) is 4.53. The van der Waals surface area contributed by atoms with E-state index in [1.54, 1.807) is 0 Å². The number of hydrogen-bond donors (Lipinski definition) is 1. The highest BCUT2D eigenvalue weighted by molar-refractivity contribution is 6.42. The van der Waals surface area contributed by atoms with E-state index in [-0.39, 0.29) is 0 Å². The summed E-state index contributed by atoms with van der Waals surface area (Å²) in [6.07, 6.45) is 3.87. The Hall–Kier alpha value is -0.240. The molecule has 0 aliphatic heterocycles. The van der Waals surface area contributed by atoms with Gasteiger partial charge < -0.3 is 5.32 Å². The zero-order valence-corrected chi connectivity index (χ0v) is 13.4. The Labute approximate surface area is 126 Å². The molecule has 1 aliphatic carbocycles. The number of hydrogen-bond acceptors (Lipinski definition) is 1. The molecule has 0 saturated heterocycles. The molecule has 2 rings (SSSR count). The maximum atomic E-state index is 6.08. The fraction of sp³-hybridized carbons (Fsp3) is 0.625. The van der Waals surface area contributed by atoms with Crippen LogP contribution in [0.15, 0.2) is 18.2 Å². The van der Waals surface area contributed by atoms with Crippen LogP contribution in [0.25, 0.3) is 0 Å². The van der Waals surface area contributed by atoms with Gasteiger partial charge in [0.2, 0.25) is 0 Å². The molecule has 3 heteroatoms. The number of halogens is 2. The Morgan fingerprint density at radius 1 is 1.11 bits per heavy atom. The van der Waals surface area contributed by atoms with E-state index in [9.17, 15) is 0 Å². The molecule has 0 amide bonds. The first-order chi connectivity index (χ1) is 8.97. The van der Waals surface area contributed by atoms with Crippen molar-refractivity contribution in [2.75, 3.05) is 0 Å². The van der Waals surface area contributed by atoms with Gasteiger partial charge in [-0.05, 0) is 55.7 Å². The molecular weight excluding hydrogens is 277 g/mol. The van der Waals surface area contributed by atoms with Crippen LogP contribution < -0.4 is 5.32 Å². The van der Waals surface area contributed by atoms with Crippen LogP contribution in [0.1, 0.15) is 51.6 Å². The summed E-state index contributed by atoms with van der Waals surface area (Å²) in [5.74, 6) is 1.67. The standard InChI is InChI=1S/C16H23Cl2N/c1-10-4-6-14(8-11(10)2)19-12(3)13-5-7-15(17)16(18)9-13/h5,7,9-12,14,19H,4,6,8H2,1-3H3. The van der Waals surface area contributed by atoms with Gasteiger partial charge in [-0.15, -0.1) is 0 Å². The van der Waals surface area contributed by atoms with Gasteiger partial charge in [-0.3, -0.25) is 0 Å². The molecule has 1 aromatic carbocycles. The van der Waals surface area contributed by atoms with E-state index in [1.165, 1.54) is 24.8 Å². The maximum Gasteiger partial charge on any atom is 0.0595 e. The molecule has 0 heterocycles. The molecule has 1 N–H and O–H groups in total. The zero-order chi connectivity index (χ0) is 14.0. The van der Waals surface area contributed by atoms with Crippen molar-refractivity contribution in [1.29, 1.82) is 0 Å². The molecule has 0 radical (unpaired) electrons. The molecular formula is C16H23Cl2N. The molecule has 1 nitrogen and oxygen atoms in total. The highest BCUT2D eigenvalue weighted by Crippen LogP contribution is 2.31. The summed E-state index contributed by atoms with van der Waals surface area (Å²) in [5.41, 5.74) is 1.21. The minimum atomic E-state index is 0.320. The molecule has 1 saturated carbocycles. The summed E-state index contributed by atoms with van der Waals surface area (Å²) in [6.45, 7) is 6.92. The van der Waals surface area contributed by atoms with E-state index in [1.807, 2.05) is 12.1 Å². The molecule has 1 fully saturated rings. The summed E-state index contributed by atoms with van der Waals surface area (Å²) in [4.78, 5) is 0. The van der Waals surface area contributed by atoms with Crippen LogP contribution in [0, 0.1) is 11.8 Å². The minimum Gasteiger partial charge on any atom is -0.307 e. The highest BCUT2D eigenvalue weighted by atomic mass is 35.5. The first-order valence-corrected chi connectivity index (χ1v) is 7.94. The van der Waals surface area contributed by atoms with Gasteiger partial charge in [0.25, 0.3) is 0 Å². The first-order valence-electron chi connectivity index (χ1n) is 7.18. The van der Waals surface area contributed by atoms with Crippen LogP contribution in [-0.2, 0) is 0 Å². The van der Waals surface area contributed by atoms with Crippen molar-refractivity contribution in [3.8, 4) is 0 Å². The summed E-state index contributed by atoms with van der Waals surface area (Å²) >= 11 is 12.0. The Bertz CT molecular complexity index is 433. The second-order valence-electron chi connectivity index (χ2n) is 6.03. The van der Waals surface area contributed by atoms with Crippen molar-refractivity contribution in [3.05, 3.63) is 33.8 Å². The van der Waals surface area contributed by atoms with Gasteiger partial charge in [-0.25, -0.2) is 0 Å². The lowest BCUT2D eigenvalue weighted by atomic mass is 9.79. The Morgan fingerprint density at radius 2 is 1.84 bits per heavy atom. The molecule has 0 spiro atoms. The van der Waals surface area contributed by atoms with Crippen LogP contribution in [0.5, 0.6) is 0 Å². The van der Waals surface area contributed by atoms with E-state index in [4.69, 9.17) is 23.2 Å². The molecule has 19 heavy (non-hydrogen) atoms. The monoisotopic (exact) mass is 299 g/mol. The average Bonchev–Trinajstić information content (AvgIpc) is 2.37. The minimum absolute atomic E-state index is 0.320. The summed E-state index contributed by atoms with van der Waals surface area (Å²) in [7, 11) is 0. The average molecular weight is 300 g/mol. The molecule has 4 atom stereocenters. The fourth-order valence-electron chi connectivity index (χ4n) is 2.93. The Balaban J connectivity index is 1.97. The van der Waals surface area contributed by atoms with E-state index < -0.39 is 0 Å². The lowest BCUT2D eigenvalue weighted by Crippen LogP contribution is -2.37. The predicted molar refractivity (Wildman–Crippen MR) is 84.0 cm³/mol. The topological polar surface area (TPSA) is 12.0 Å². The van der Waals surface area contributed by atoms with E-state index in [2.05, 4.69) is 32.2 Å². The van der Waals surface area contributed by atoms with Crippen molar-refractivity contribution in [1.82, 2.24) is 5.32 Å². The summed E-state index contributed by atoms with van der Waals surface area (Å²) in [6, 6.07) is 6.84. The van der Waals surface area contributed by atoms with Crippen molar-refractivity contribution in [2.24, 2.45) is 11.8 Å². The lowest BCUT2D eigenvalue weighted by molar-refractivity contribution is 0.217. The quantitative estimate of drug-likeness (QED) is 0.780. The molecule has 4 unspecified atom stereocenters. The van der Waals surface area contributed by atoms with Gasteiger partial charge >= 0.3 is 0 Å². The highest BCUT2D eigenvalue weighted by Gasteiger charge is 2.25. The van der Waals surface area contributed by atoms with E-state index in [0.717, 1.165) is 11.8 Å². The summed E-state index contributed by atoms with van der Waals surface area (Å²) in [5, 5.41) is 4.99. The third kappa shape index (κ3) is 3.87. The van der Waals surface area contributed by atoms with Gasteiger partial charge in [-0.1, -0.05) is 43.1 Å². The van der Waals surface area contributed by atoms with Gasteiger partial charge in [-0.2, -0.15) is 0 Å². The molecule has 0 aromatic heterocycles. The molecule has 0 bridgehead atoms. The van der Waals surface area contributed by atoms with Crippen molar-refractivity contribution >= 4 is 23.2 Å². The normalized spacial score (nSPS) is 29.2. The van der Waals surface area contributed by atoms with Crippen LogP contribution >= 0.6 is 23.2 Å². The lowest BCUT2D eigenvalue weighted by Gasteiger charge is -2.34. The van der Waals surface area contributed by atoms with Crippen LogP contribution in [-0.4, -0.2) is 6.04 Å². The second-order valence-corrected chi connectivity index (χ2v) is 6.84. The van der Waals surface area contributed by atoms with Gasteiger partial charge in [0.1, 0.15) is 0 Å². The number of rotatable bonds is 3. The van der Waals surface area contributed by atoms with Crippen molar-refractivity contribution < 1.29 is 0 Å². The Morgan fingerprint density at radius 3 is 2.47 bits per heavy atom. The largest absolute Gasteiger partial charge is 0.307 e. The zero-order valence-electron chi connectivity index (χ0n) is 11.9. The van der Waals surface area contributed by atoms with E-state index in [0.29, 0.717) is 22.1 Å². The second kappa shape index (κ2) is 6.47. The fourth-order valence-corrected chi connectivity index (χ4v) is 3.24. The molecule has 1 aromatic rings. The van der Waals surface area contributed by atoms with Crippen molar-refractivity contribution in [2.45, 2.75) is 52.1 Å². The third-order valence-corrected chi connectivity index (χ3v) is 5.27. The van der Waals surface area contributed by atoms with E-state index >= 15 is 0 Å². The van der Waals surface area contributed by atoms with Crippen LogP contribution in [0.2, 0.25) is 10.0 Å². The first kappa shape index (κ1) is 15.2. The number of nitrogens with one attached hydrogen (secondary N) is 1. The maximum absolute atomic E-state index is 6.08.